The Morgan fingerprint density at radius 3 is 3.04 bits per heavy atom. The summed E-state index contributed by atoms with van der Waals surface area (Å²) in [6.45, 7) is 4.16. The molecule has 3 heterocycles. The number of rotatable bonds is 7. The third-order valence-corrected chi connectivity index (χ3v) is 4.35. The molecule has 0 aromatic carbocycles. The number of aliphatic hydroxyl groups is 2. The van der Waals surface area contributed by atoms with Gasteiger partial charge in [-0.1, -0.05) is 24.8 Å². The number of aliphatic imine (C=N–C) groups is 2. The number of guanidine groups is 1. The Bertz CT molecular complexity index is 637. The van der Waals surface area contributed by atoms with E-state index in [1.165, 1.54) is 11.2 Å². The van der Waals surface area contributed by atoms with E-state index in [0.29, 0.717) is 13.0 Å². The van der Waals surface area contributed by atoms with Crippen LogP contribution in [0.25, 0.3) is 0 Å². The molecule has 0 saturated carbocycles. The first-order chi connectivity index (χ1) is 12.5. The van der Waals surface area contributed by atoms with Gasteiger partial charge in [0.2, 0.25) is 0 Å². The van der Waals surface area contributed by atoms with Crippen LogP contribution in [0.3, 0.4) is 0 Å². The summed E-state index contributed by atoms with van der Waals surface area (Å²) in [4.78, 5) is 21.7. The number of hydrogen-bond acceptors (Lipinski definition) is 9. The van der Waals surface area contributed by atoms with Crippen molar-refractivity contribution in [3.8, 4) is 0 Å². The lowest BCUT2D eigenvalue weighted by Crippen LogP contribution is -2.56. The van der Waals surface area contributed by atoms with E-state index in [2.05, 4.69) is 21.9 Å². The minimum absolute atomic E-state index is 0.0211. The second-order valence-electron chi connectivity index (χ2n) is 6.15. The number of nitrogens with two attached hydrogens (primary N) is 1. The van der Waals surface area contributed by atoms with Gasteiger partial charge in [0.05, 0.1) is 19.6 Å². The average Bonchev–Trinajstić information content (AvgIpc) is 3.14. The van der Waals surface area contributed by atoms with E-state index in [-0.39, 0.29) is 18.5 Å². The second-order valence-corrected chi connectivity index (χ2v) is 6.15. The van der Waals surface area contributed by atoms with Crippen LogP contribution >= 0.6 is 0 Å². The number of fused-ring (bicyclic) bond motifs is 1. The first-order valence-electron chi connectivity index (χ1n) is 8.34. The predicted molar refractivity (Wildman–Crippen MR) is 93.1 cm³/mol. The summed E-state index contributed by atoms with van der Waals surface area (Å²) in [5.74, 6) is -0.394. The van der Waals surface area contributed by atoms with Gasteiger partial charge in [-0.15, -0.1) is 0 Å². The van der Waals surface area contributed by atoms with E-state index in [1.807, 2.05) is 12.2 Å². The highest BCUT2D eigenvalue weighted by Crippen LogP contribution is 2.29. The zero-order valence-corrected chi connectivity index (χ0v) is 14.1. The Morgan fingerprint density at radius 2 is 2.27 bits per heavy atom. The maximum atomic E-state index is 11.9. The Labute approximate surface area is 150 Å². The summed E-state index contributed by atoms with van der Waals surface area (Å²) in [7, 11) is 0. The zero-order valence-electron chi connectivity index (χ0n) is 14.1. The fraction of sp³-hybridized carbons (Fsp3) is 0.562. The Hall–Kier alpha value is -2.27. The monoisotopic (exact) mass is 365 g/mol. The van der Waals surface area contributed by atoms with E-state index < -0.39 is 36.7 Å². The van der Waals surface area contributed by atoms with Crippen LogP contribution in [0.5, 0.6) is 0 Å². The molecule has 1 saturated heterocycles. The van der Waals surface area contributed by atoms with Crippen molar-refractivity contribution < 1.29 is 24.5 Å². The van der Waals surface area contributed by atoms with Crippen LogP contribution in [0.15, 0.2) is 34.8 Å². The predicted octanol–water partition coefficient (Wildman–Crippen LogP) is -1.93. The fourth-order valence-corrected chi connectivity index (χ4v) is 3.05. The number of amides is 1. The third kappa shape index (κ3) is 3.63. The van der Waals surface area contributed by atoms with Gasteiger partial charge in [0.1, 0.15) is 18.3 Å². The van der Waals surface area contributed by atoms with E-state index >= 15 is 0 Å². The maximum absolute atomic E-state index is 11.9. The van der Waals surface area contributed by atoms with Gasteiger partial charge in [0, 0.05) is 0 Å². The molecule has 5 N–H and O–H groups in total. The average molecular weight is 365 g/mol. The summed E-state index contributed by atoms with van der Waals surface area (Å²) >= 11 is 0. The Kier molecular flexibility index (Phi) is 5.67. The molecule has 142 valence electrons. The number of carbonyl (C=O) groups is 1. The van der Waals surface area contributed by atoms with Crippen molar-refractivity contribution in [2.75, 3.05) is 13.2 Å². The molecule has 10 nitrogen and oxygen atoms in total. The van der Waals surface area contributed by atoms with Gasteiger partial charge in [0.15, 0.2) is 24.4 Å². The van der Waals surface area contributed by atoms with Gasteiger partial charge < -0.3 is 30.3 Å². The van der Waals surface area contributed by atoms with Crippen molar-refractivity contribution in [2.45, 2.75) is 43.2 Å². The SMILES string of the molecule is C=C/C=C/CCOCC1OC(N2C=NC3C(=O)NC(N)=NC32)C(O)C1O. The van der Waals surface area contributed by atoms with Crippen LogP contribution in [0.1, 0.15) is 6.42 Å². The quantitative estimate of drug-likeness (QED) is 0.304. The molecule has 6 unspecified atom stereocenters. The molecular formula is C16H23N5O5. The molecule has 3 aliphatic heterocycles. The number of ether oxygens (including phenoxy) is 2. The number of nitrogens with one attached hydrogen (secondary N) is 1. The normalized spacial score (nSPS) is 36.3. The first kappa shape index (κ1) is 18.5. The van der Waals surface area contributed by atoms with Crippen molar-refractivity contribution in [3.05, 3.63) is 24.8 Å². The minimum Gasteiger partial charge on any atom is -0.387 e. The summed E-state index contributed by atoms with van der Waals surface area (Å²) in [5, 5.41) is 23.0. The van der Waals surface area contributed by atoms with Crippen LogP contribution in [0.2, 0.25) is 0 Å². The van der Waals surface area contributed by atoms with Gasteiger partial charge in [-0.3, -0.25) is 15.1 Å². The third-order valence-electron chi connectivity index (χ3n) is 4.35. The van der Waals surface area contributed by atoms with Crippen LogP contribution in [-0.2, 0) is 14.3 Å². The first-order valence-corrected chi connectivity index (χ1v) is 8.34. The maximum Gasteiger partial charge on any atom is 0.255 e. The summed E-state index contributed by atoms with van der Waals surface area (Å²) in [5.41, 5.74) is 5.60. The standard InChI is InChI=1S/C16H23N5O5/c1-2-3-4-5-6-25-7-9-11(22)12(23)15(26-9)21-8-18-10-13(21)19-16(17)20-14(10)24/h2-4,8-13,15,22-23H,1,5-7H2,(H3,17,19,20,24)/b4-3+. The van der Waals surface area contributed by atoms with Crippen LogP contribution < -0.4 is 11.1 Å². The molecule has 0 spiro atoms. The molecule has 1 fully saturated rings. The van der Waals surface area contributed by atoms with Gasteiger partial charge in [-0.05, 0) is 6.42 Å². The van der Waals surface area contributed by atoms with Gasteiger partial charge >= 0.3 is 0 Å². The lowest BCUT2D eigenvalue weighted by molar-refractivity contribution is -0.124. The Morgan fingerprint density at radius 1 is 1.46 bits per heavy atom. The number of nitrogens with zero attached hydrogens (tertiary/aromatic N) is 3. The molecule has 0 radical (unpaired) electrons. The van der Waals surface area contributed by atoms with Crippen molar-refractivity contribution in [2.24, 2.45) is 15.7 Å². The Balaban J connectivity index is 1.58. The molecule has 0 aromatic rings. The van der Waals surface area contributed by atoms with E-state index in [4.69, 9.17) is 15.2 Å². The largest absolute Gasteiger partial charge is 0.387 e. The van der Waals surface area contributed by atoms with Gasteiger partial charge in [0.25, 0.3) is 5.91 Å². The lowest BCUT2D eigenvalue weighted by Gasteiger charge is -2.32. The molecule has 1 amide bonds. The molecule has 6 atom stereocenters. The minimum atomic E-state index is -1.20. The van der Waals surface area contributed by atoms with E-state index in [0.717, 1.165) is 0 Å². The molecule has 26 heavy (non-hydrogen) atoms. The molecule has 0 aromatic heterocycles. The fourth-order valence-electron chi connectivity index (χ4n) is 3.05. The second kappa shape index (κ2) is 7.96. The summed E-state index contributed by atoms with van der Waals surface area (Å²) in [6.07, 6.45) is 2.85. The highest BCUT2D eigenvalue weighted by atomic mass is 16.6. The molecular weight excluding hydrogens is 342 g/mol. The number of allylic oxidation sites excluding steroid dienone is 2. The molecule has 3 rings (SSSR count). The van der Waals surface area contributed by atoms with Gasteiger partial charge in [-0.2, -0.15) is 0 Å². The van der Waals surface area contributed by atoms with Crippen LogP contribution in [0.4, 0.5) is 0 Å². The van der Waals surface area contributed by atoms with E-state index in [1.54, 1.807) is 6.08 Å². The van der Waals surface area contributed by atoms with Crippen molar-refractivity contribution in [3.63, 3.8) is 0 Å². The molecule has 0 aliphatic carbocycles. The number of hydrogen-bond donors (Lipinski definition) is 4. The molecule has 10 heteroatoms. The zero-order chi connectivity index (χ0) is 18.7. The number of aliphatic hydroxyl groups excluding tert-OH is 2. The lowest BCUT2D eigenvalue weighted by atomic mass is 10.1. The van der Waals surface area contributed by atoms with Crippen LogP contribution in [0, 0.1) is 0 Å². The van der Waals surface area contributed by atoms with Crippen molar-refractivity contribution >= 4 is 18.2 Å². The summed E-state index contributed by atoms with van der Waals surface area (Å²) < 4.78 is 11.2. The van der Waals surface area contributed by atoms with E-state index in [9.17, 15) is 15.0 Å². The molecule has 0 bridgehead atoms. The molecule has 3 aliphatic rings. The number of carbonyl (C=O) groups excluding carboxylic acids is 1. The smallest absolute Gasteiger partial charge is 0.255 e. The van der Waals surface area contributed by atoms with Gasteiger partial charge in [-0.25, -0.2) is 4.99 Å². The highest BCUT2D eigenvalue weighted by molar-refractivity contribution is 6.02. The van der Waals surface area contributed by atoms with Crippen molar-refractivity contribution in [1.29, 1.82) is 0 Å². The topological polar surface area (TPSA) is 142 Å². The summed E-state index contributed by atoms with van der Waals surface area (Å²) in [6, 6.07) is -0.762. The van der Waals surface area contributed by atoms with Crippen molar-refractivity contribution in [1.82, 2.24) is 10.2 Å². The highest BCUT2D eigenvalue weighted by Gasteiger charge is 2.51. The van der Waals surface area contributed by atoms with Crippen LogP contribution in [-0.4, -0.2) is 83.3 Å².